The summed E-state index contributed by atoms with van der Waals surface area (Å²) in [7, 11) is 0. The van der Waals surface area contributed by atoms with Gasteiger partial charge in [0, 0.05) is 13.0 Å². The molecule has 1 aromatic carbocycles. The van der Waals surface area contributed by atoms with E-state index in [1.807, 2.05) is 0 Å². The van der Waals surface area contributed by atoms with Crippen molar-refractivity contribution in [1.29, 1.82) is 0 Å². The average Bonchev–Trinajstić information content (AvgIpc) is 2.96. The number of nitrogens with one attached hydrogen (secondary N) is 2. The van der Waals surface area contributed by atoms with Crippen molar-refractivity contribution in [2.45, 2.75) is 57.4 Å². The highest BCUT2D eigenvalue weighted by Gasteiger charge is 2.36. The van der Waals surface area contributed by atoms with Crippen LogP contribution in [0.2, 0.25) is 0 Å². The van der Waals surface area contributed by atoms with Crippen LogP contribution >= 0.6 is 0 Å². The molecule has 0 unspecified atom stereocenters. The first-order chi connectivity index (χ1) is 11.0. The summed E-state index contributed by atoms with van der Waals surface area (Å²) in [5.41, 5.74) is 7.25. The number of aryl methyl sites for hydroxylation is 1. The van der Waals surface area contributed by atoms with Crippen LogP contribution in [0.1, 0.15) is 56.1 Å². The van der Waals surface area contributed by atoms with E-state index in [4.69, 9.17) is 5.73 Å². The number of urea groups is 1. The maximum atomic E-state index is 12.3. The van der Waals surface area contributed by atoms with Crippen LogP contribution in [0.25, 0.3) is 0 Å². The number of unbranched alkanes of at least 4 members (excludes halogenated alkanes) is 1. The maximum Gasteiger partial charge on any atom is 0.312 e. The smallest absolute Gasteiger partial charge is 0.312 e. The Balaban J connectivity index is 1.89. The SMILES string of the molecule is Cc1cccc(C2(NC(=O)CCCCNC(N)=O)CCCC2)c1. The normalized spacial score (nSPS) is 16.0. The molecule has 0 aromatic heterocycles. The molecule has 23 heavy (non-hydrogen) atoms. The molecule has 0 radical (unpaired) electrons. The van der Waals surface area contributed by atoms with Gasteiger partial charge in [-0.15, -0.1) is 0 Å². The molecule has 0 saturated heterocycles. The Morgan fingerprint density at radius 1 is 1.22 bits per heavy atom. The van der Waals surface area contributed by atoms with Crippen LogP contribution in [0.4, 0.5) is 4.79 Å². The average molecular weight is 317 g/mol. The van der Waals surface area contributed by atoms with Gasteiger partial charge in [-0.05, 0) is 38.2 Å². The predicted octanol–water partition coefficient (Wildman–Crippen LogP) is 2.72. The molecule has 0 spiro atoms. The summed E-state index contributed by atoms with van der Waals surface area (Å²) in [5.74, 6) is 0.0903. The number of carbonyl (C=O) groups is 2. The second-order valence-electron chi connectivity index (χ2n) is 6.46. The Morgan fingerprint density at radius 2 is 1.96 bits per heavy atom. The van der Waals surface area contributed by atoms with E-state index in [0.29, 0.717) is 13.0 Å². The van der Waals surface area contributed by atoms with Gasteiger partial charge in [-0.3, -0.25) is 4.79 Å². The molecule has 4 N–H and O–H groups in total. The highest BCUT2D eigenvalue weighted by Crippen LogP contribution is 2.39. The van der Waals surface area contributed by atoms with E-state index in [9.17, 15) is 9.59 Å². The summed E-state index contributed by atoms with van der Waals surface area (Å²) in [4.78, 5) is 22.9. The molecule has 0 bridgehead atoms. The molecule has 1 saturated carbocycles. The molecule has 2 rings (SSSR count). The molecular formula is C18H27N3O2. The number of hydrogen-bond donors (Lipinski definition) is 3. The lowest BCUT2D eigenvalue weighted by atomic mass is 9.87. The van der Waals surface area contributed by atoms with Crippen molar-refractivity contribution in [3.8, 4) is 0 Å². The van der Waals surface area contributed by atoms with E-state index in [1.54, 1.807) is 0 Å². The van der Waals surface area contributed by atoms with Gasteiger partial charge in [0.25, 0.3) is 0 Å². The standard InChI is InChI=1S/C18H27N3O2/c1-14-7-6-8-15(13-14)18(10-3-4-11-18)21-16(22)9-2-5-12-20-17(19)23/h6-8,13H,2-5,9-12H2,1H3,(H,21,22)(H3,19,20,23). The van der Waals surface area contributed by atoms with Crippen LogP contribution in [-0.4, -0.2) is 18.5 Å². The minimum absolute atomic E-state index is 0.0903. The summed E-state index contributed by atoms with van der Waals surface area (Å²) in [6.07, 6.45) is 6.29. The fourth-order valence-corrected chi connectivity index (χ4v) is 3.36. The van der Waals surface area contributed by atoms with Gasteiger partial charge in [0.1, 0.15) is 0 Å². The number of hydrogen-bond acceptors (Lipinski definition) is 2. The number of primary amides is 1. The Morgan fingerprint density at radius 3 is 2.61 bits per heavy atom. The summed E-state index contributed by atoms with van der Waals surface area (Å²) in [5, 5.41) is 5.82. The van der Waals surface area contributed by atoms with Gasteiger partial charge >= 0.3 is 6.03 Å². The van der Waals surface area contributed by atoms with E-state index >= 15 is 0 Å². The van der Waals surface area contributed by atoms with Crippen molar-refractivity contribution < 1.29 is 9.59 Å². The highest BCUT2D eigenvalue weighted by molar-refractivity contribution is 5.77. The molecule has 1 fully saturated rings. The van der Waals surface area contributed by atoms with Gasteiger partial charge < -0.3 is 16.4 Å². The minimum Gasteiger partial charge on any atom is -0.352 e. The van der Waals surface area contributed by atoms with Gasteiger partial charge in [0.15, 0.2) is 0 Å². The molecular weight excluding hydrogens is 290 g/mol. The van der Waals surface area contributed by atoms with Crippen LogP contribution in [-0.2, 0) is 10.3 Å². The van der Waals surface area contributed by atoms with E-state index in [2.05, 4.69) is 41.8 Å². The van der Waals surface area contributed by atoms with Gasteiger partial charge in [-0.1, -0.05) is 42.7 Å². The highest BCUT2D eigenvalue weighted by atomic mass is 16.2. The lowest BCUT2D eigenvalue weighted by Crippen LogP contribution is -2.43. The molecule has 0 aliphatic heterocycles. The number of benzene rings is 1. The predicted molar refractivity (Wildman–Crippen MR) is 90.9 cm³/mol. The van der Waals surface area contributed by atoms with Crippen LogP contribution < -0.4 is 16.4 Å². The number of nitrogens with two attached hydrogens (primary N) is 1. The second kappa shape index (κ2) is 7.99. The monoisotopic (exact) mass is 317 g/mol. The molecule has 1 aromatic rings. The van der Waals surface area contributed by atoms with Crippen molar-refractivity contribution >= 4 is 11.9 Å². The topological polar surface area (TPSA) is 84.2 Å². The quantitative estimate of drug-likeness (QED) is 0.676. The first-order valence-corrected chi connectivity index (χ1v) is 8.43. The summed E-state index contributed by atoms with van der Waals surface area (Å²) in [6, 6.07) is 7.93. The fourth-order valence-electron chi connectivity index (χ4n) is 3.36. The molecule has 0 atom stereocenters. The maximum absolute atomic E-state index is 12.3. The molecule has 0 heterocycles. The number of amides is 3. The molecule has 1 aliphatic carbocycles. The summed E-state index contributed by atoms with van der Waals surface area (Å²) in [6.45, 7) is 2.60. The lowest BCUT2D eigenvalue weighted by Gasteiger charge is -2.31. The van der Waals surface area contributed by atoms with Crippen molar-refractivity contribution in [1.82, 2.24) is 10.6 Å². The van der Waals surface area contributed by atoms with Crippen LogP contribution in [0.3, 0.4) is 0 Å². The van der Waals surface area contributed by atoms with E-state index < -0.39 is 6.03 Å². The van der Waals surface area contributed by atoms with Gasteiger partial charge in [-0.2, -0.15) is 0 Å². The third-order valence-electron chi connectivity index (χ3n) is 4.54. The minimum atomic E-state index is -0.515. The fraction of sp³-hybridized carbons (Fsp3) is 0.556. The third kappa shape index (κ3) is 4.98. The Hall–Kier alpha value is -2.04. The molecule has 1 aliphatic rings. The summed E-state index contributed by atoms with van der Waals surface area (Å²) < 4.78 is 0. The van der Waals surface area contributed by atoms with Gasteiger partial charge in [0.2, 0.25) is 5.91 Å². The van der Waals surface area contributed by atoms with E-state index in [-0.39, 0.29) is 11.4 Å². The van der Waals surface area contributed by atoms with Gasteiger partial charge in [0.05, 0.1) is 5.54 Å². The number of rotatable bonds is 7. The zero-order chi connectivity index (χ0) is 16.7. The third-order valence-corrected chi connectivity index (χ3v) is 4.54. The van der Waals surface area contributed by atoms with Gasteiger partial charge in [-0.25, -0.2) is 4.79 Å². The number of carbonyl (C=O) groups excluding carboxylic acids is 2. The van der Waals surface area contributed by atoms with Crippen molar-refractivity contribution in [2.75, 3.05) is 6.54 Å². The van der Waals surface area contributed by atoms with Crippen LogP contribution in [0.5, 0.6) is 0 Å². The molecule has 5 nitrogen and oxygen atoms in total. The van der Waals surface area contributed by atoms with Crippen LogP contribution in [0, 0.1) is 6.92 Å². The Kier molecular flexibility index (Phi) is 6.02. The molecule has 3 amide bonds. The Labute approximate surface area is 138 Å². The zero-order valence-electron chi connectivity index (χ0n) is 13.9. The van der Waals surface area contributed by atoms with Crippen molar-refractivity contribution in [3.05, 3.63) is 35.4 Å². The van der Waals surface area contributed by atoms with E-state index in [1.165, 1.54) is 11.1 Å². The van der Waals surface area contributed by atoms with Crippen LogP contribution in [0.15, 0.2) is 24.3 Å². The first-order valence-electron chi connectivity index (χ1n) is 8.43. The van der Waals surface area contributed by atoms with Crippen molar-refractivity contribution in [3.63, 3.8) is 0 Å². The lowest BCUT2D eigenvalue weighted by molar-refractivity contribution is -0.123. The first kappa shape index (κ1) is 17.3. The zero-order valence-corrected chi connectivity index (χ0v) is 13.9. The Bertz CT molecular complexity index is 551. The molecule has 126 valence electrons. The molecule has 5 heteroatoms. The largest absolute Gasteiger partial charge is 0.352 e. The summed E-state index contributed by atoms with van der Waals surface area (Å²) >= 11 is 0. The van der Waals surface area contributed by atoms with E-state index in [0.717, 1.165) is 38.5 Å². The second-order valence-corrected chi connectivity index (χ2v) is 6.46. The van der Waals surface area contributed by atoms with Crippen molar-refractivity contribution in [2.24, 2.45) is 5.73 Å².